The molecule has 2 heterocycles. The zero-order chi connectivity index (χ0) is 42.8. The highest BCUT2D eigenvalue weighted by Crippen LogP contribution is 2.42. The van der Waals surface area contributed by atoms with E-state index in [1.165, 1.54) is 0 Å². The summed E-state index contributed by atoms with van der Waals surface area (Å²) in [6, 6.07) is 17.9. The maximum absolute atomic E-state index is 12.9. The topological polar surface area (TPSA) is 193 Å². The Balaban J connectivity index is 1.49. The number of amides is 2. The number of primary amides is 2. The summed E-state index contributed by atoms with van der Waals surface area (Å²) < 4.78 is 13.1. The number of ether oxygens (including phenoxy) is 2. The molecular formula is C46H50N6O6S2. The second-order valence-corrected chi connectivity index (χ2v) is 16.3. The molecule has 8 bridgehead atoms. The largest absolute Gasteiger partial charge is 0.507 e. The summed E-state index contributed by atoms with van der Waals surface area (Å²) in [4.78, 5) is 25.8. The Hall–Kier alpha value is -6.12. The van der Waals surface area contributed by atoms with Crippen molar-refractivity contribution in [3.8, 4) is 23.0 Å². The fourth-order valence-electron chi connectivity index (χ4n) is 8.42. The van der Waals surface area contributed by atoms with Gasteiger partial charge >= 0.3 is 0 Å². The number of phenols is 2. The van der Waals surface area contributed by atoms with Crippen LogP contribution < -0.4 is 42.2 Å². The van der Waals surface area contributed by atoms with Gasteiger partial charge in [0, 0.05) is 37.1 Å². The molecule has 4 aromatic carbocycles. The van der Waals surface area contributed by atoms with Crippen LogP contribution in [0.5, 0.6) is 23.0 Å². The van der Waals surface area contributed by atoms with Crippen molar-refractivity contribution in [2.45, 2.75) is 78.3 Å². The Bertz CT molecular complexity index is 2240. The molecule has 10 N–H and O–H groups in total. The summed E-state index contributed by atoms with van der Waals surface area (Å²) >= 11 is 11.1. The van der Waals surface area contributed by atoms with Crippen LogP contribution in [0.2, 0.25) is 0 Å². The highest BCUT2D eigenvalue weighted by Gasteiger charge is 2.32. The van der Waals surface area contributed by atoms with Crippen LogP contribution in [-0.4, -0.2) is 45.5 Å². The van der Waals surface area contributed by atoms with E-state index >= 15 is 0 Å². The lowest BCUT2D eigenvalue weighted by Crippen LogP contribution is -2.46. The lowest BCUT2D eigenvalue weighted by Gasteiger charge is -2.30. The van der Waals surface area contributed by atoms with Gasteiger partial charge in [0.2, 0.25) is 11.8 Å². The normalized spacial score (nSPS) is 17.5. The number of allylic oxidation sites excluding steroid dienone is 2. The number of benzene rings is 4. The second kappa shape index (κ2) is 17.6. The van der Waals surface area contributed by atoms with Gasteiger partial charge in [-0.3, -0.25) is 9.59 Å². The highest BCUT2D eigenvalue weighted by molar-refractivity contribution is 7.80. The molecule has 1 aliphatic carbocycles. The first-order chi connectivity index (χ1) is 28.8. The summed E-state index contributed by atoms with van der Waals surface area (Å²) in [6.07, 6.45) is 2.56. The molecule has 3 aliphatic rings. The molecule has 7 rings (SSSR count). The number of thiocarbonyl (C=S) groups is 2. The molecule has 0 aromatic heterocycles. The number of fused-ring (bicyclic) bond motifs is 8. The number of phenolic OH excluding ortho intramolecular Hbond substituents is 2. The minimum atomic E-state index is -0.677. The molecular weight excluding hydrogens is 797 g/mol. The molecule has 2 atom stereocenters. The van der Waals surface area contributed by atoms with Gasteiger partial charge in [-0.2, -0.15) is 0 Å². The maximum Gasteiger partial charge on any atom is 0.248 e. The quantitative estimate of drug-likeness (QED) is 0.0777. The van der Waals surface area contributed by atoms with Gasteiger partial charge in [0.1, 0.15) is 23.0 Å². The summed E-state index contributed by atoms with van der Waals surface area (Å²) in [6.45, 7) is 8.45. The lowest BCUT2D eigenvalue weighted by atomic mass is 9.86. The number of hydrogen-bond acceptors (Lipinski definition) is 8. The molecule has 2 amide bonds. The molecule has 0 radical (unpaired) electrons. The van der Waals surface area contributed by atoms with E-state index in [4.69, 9.17) is 45.4 Å². The third-order valence-corrected chi connectivity index (χ3v) is 11.5. The number of para-hydroxylation sites is 2. The molecule has 0 saturated heterocycles. The van der Waals surface area contributed by atoms with E-state index in [0.717, 1.165) is 35.1 Å². The SMILES string of the molecule is CCCOc1c2cccc1Cc1cc([C@H]3NC(=S)NC(C)=C3C(N)=O)cc(c1O)Cc1cccc(c1OCCC)Cc1cc([C@@H]3NC(=S)NC(C)=C3C(N)=O)cc(c1O)C2. The van der Waals surface area contributed by atoms with Crippen LogP contribution in [0.3, 0.4) is 0 Å². The standard InChI is InChI=1S/C46H50N6O6S2/c1-5-13-57-41-25-9-7-10-26(41)16-32-20-30(38-36(44(48)56)24(4)50-46(60)52-38)22-34(40(32)54)18-28-12-8-11-27(42(28)58-14-6-2)17-33-21-29(19-31(15-25)39(33)53)37-35(43(47)55)23(3)49-45(59)51-37/h7-12,19-22,37-38,53-54H,5-6,13-18H2,1-4H3,(H2,47,55)(H2,48,56)(H2,49,51,59)(H2,50,52,60)/t37-,38+. The molecule has 0 fully saturated rings. The molecule has 0 unspecified atom stereocenters. The van der Waals surface area contributed by atoms with Gasteiger partial charge in [0.05, 0.1) is 36.4 Å². The van der Waals surface area contributed by atoms with E-state index in [1.54, 1.807) is 13.8 Å². The third-order valence-electron chi connectivity index (χ3n) is 11.1. The first-order valence-corrected chi connectivity index (χ1v) is 20.9. The average molecular weight is 847 g/mol. The number of nitrogens with two attached hydrogens (primary N) is 2. The average Bonchev–Trinajstić information content (AvgIpc) is 3.18. The van der Waals surface area contributed by atoms with E-state index < -0.39 is 23.9 Å². The van der Waals surface area contributed by atoms with Gasteiger partial charge in [-0.15, -0.1) is 0 Å². The summed E-state index contributed by atoms with van der Waals surface area (Å²) in [5.41, 5.74) is 20.8. The Morgan fingerprint density at radius 3 is 1.22 bits per heavy atom. The van der Waals surface area contributed by atoms with E-state index in [1.807, 2.05) is 74.5 Å². The van der Waals surface area contributed by atoms with Crippen molar-refractivity contribution < 1.29 is 29.3 Å². The van der Waals surface area contributed by atoms with E-state index in [9.17, 15) is 19.8 Å². The maximum atomic E-state index is 12.9. The number of rotatable bonds is 10. The minimum Gasteiger partial charge on any atom is -0.507 e. The van der Waals surface area contributed by atoms with Gasteiger partial charge in [-0.1, -0.05) is 50.2 Å². The van der Waals surface area contributed by atoms with Crippen molar-refractivity contribution in [3.05, 3.63) is 139 Å². The fourth-order valence-corrected chi connectivity index (χ4v) is 8.96. The first-order valence-electron chi connectivity index (χ1n) is 20.1. The summed E-state index contributed by atoms with van der Waals surface area (Å²) in [5.74, 6) is 0.290. The highest BCUT2D eigenvalue weighted by atomic mass is 32.1. The number of hydrogen-bond donors (Lipinski definition) is 8. The van der Waals surface area contributed by atoms with Crippen molar-refractivity contribution >= 4 is 46.5 Å². The van der Waals surface area contributed by atoms with Crippen molar-refractivity contribution in [2.24, 2.45) is 11.5 Å². The molecule has 312 valence electrons. The van der Waals surface area contributed by atoms with Gasteiger partial charge < -0.3 is 52.4 Å². The van der Waals surface area contributed by atoms with Crippen LogP contribution in [-0.2, 0) is 35.3 Å². The van der Waals surface area contributed by atoms with E-state index in [0.29, 0.717) is 90.9 Å². The van der Waals surface area contributed by atoms with Gasteiger partial charge in [0.25, 0.3) is 0 Å². The molecule has 60 heavy (non-hydrogen) atoms. The lowest BCUT2D eigenvalue weighted by molar-refractivity contribution is -0.115. The van der Waals surface area contributed by atoms with Crippen LogP contribution in [0.4, 0.5) is 0 Å². The Labute approximate surface area is 360 Å². The van der Waals surface area contributed by atoms with Gasteiger partial charge in [0.15, 0.2) is 10.2 Å². The van der Waals surface area contributed by atoms with Crippen LogP contribution in [0.1, 0.15) is 108 Å². The zero-order valence-corrected chi connectivity index (χ0v) is 35.7. The molecule has 2 aliphatic heterocycles. The Kier molecular flexibility index (Phi) is 12.3. The zero-order valence-electron chi connectivity index (χ0n) is 34.1. The van der Waals surface area contributed by atoms with Crippen LogP contribution in [0, 0.1) is 0 Å². The van der Waals surface area contributed by atoms with Gasteiger partial charge in [-0.25, -0.2) is 0 Å². The number of carbonyl (C=O) groups excluding carboxylic acids is 2. The molecule has 0 saturated carbocycles. The van der Waals surface area contributed by atoms with Crippen LogP contribution in [0.15, 0.2) is 83.2 Å². The molecule has 4 aromatic rings. The van der Waals surface area contributed by atoms with Crippen LogP contribution >= 0.6 is 24.4 Å². The van der Waals surface area contributed by atoms with Crippen LogP contribution in [0.25, 0.3) is 0 Å². The van der Waals surface area contributed by atoms with Crippen molar-refractivity contribution in [3.63, 3.8) is 0 Å². The number of aromatic hydroxyl groups is 2. The van der Waals surface area contributed by atoms with Crippen molar-refractivity contribution in [1.29, 1.82) is 0 Å². The predicted octanol–water partition coefficient (Wildman–Crippen LogP) is 5.91. The monoisotopic (exact) mass is 846 g/mol. The van der Waals surface area contributed by atoms with Gasteiger partial charge in [-0.05, 0) is 131 Å². The Morgan fingerprint density at radius 1 is 0.617 bits per heavy atom. The minimum absolute atomic E-state index is 0.107. The summed E-state index contributed by atoms with van der Waals surface area (Å²) in [5, 5.41) is 37.7. The second-order valence-electron chi connectivity index (χ2n) is 15.5. The first kappa shape index (κ1) is 42.0. The predicted molar refractivity (Wildman–Crippen MR) is 239 cm³/mol. The van der Waals surface area contributed by atoms with E-state index in [2.05, 4.69) is 21.3 Å². The third kappa shape index (κ3) is 8.48. The number of nitrogens with one attached hydrogen (secondary N) is 4. The van der Waals surface area contributed by atoms with Crippen molar-refractivity contribution in [2.75, 3.05) is 13.2 Å². The fraction of sp³-hybridized carbons (Fsp3) is 0.304. The summed E-state index contributed by atoms with van der Waals surface area (Å²) in [7, 11) is 0. The van der Waals surface area contributed by atoms with E-state index in [-0.39, 0.29) is 37.2 Å². The smallest absolute Gasteiger partial charge is 0.248 e. The molecule has 0 spiro atoms. The molecule has 12 nitrogen and oxygen atoms in total. The Morgan fingerprint density at radius 2 is 0.933 bits per heavy atom. The molecule has 14 heteroatoms. The van der Waals surface area contributed by atoms with Crippen molar-refractivity contribution in [1.82, 2.24) is 21.3 Å². The number of carbonyl (C=O) groups is 2.